The molecule has 2 rings (SSSR count). The van der Waals surface area contributed by atoms with Gasteiger partial charge in [0.05, 0.1) is 12.0 Å². The van der Waals surface area contributed by atoms with Crippen molar-refractivity contribution in [3.8, 4) is 23.8 Å². The second-order valence-corrected chi connectivity index (χ2v) is 6.17. The minimum absolute atomic E-state index is 0.0636. The molecule has 5 nitrogen and oxygen atoms in total. The highest BCUT2D eigenvalue weighted by molar-refractivity contribution is 9.10. The van der Waals surface area contributed by atoms with Crippen LogP contribution >= 0.6 is 27.7 Å². The number of halogens is 1. The Bertz CT molecular complexity index is 708. The van der Waals surface area contributed by atoms with E-state index in [1.807, 2.05) is 0 Å². The first kappa shape index (κ1) is 16.5. The van der Waals surface area contributed by atoms with Gasteiger partial charge in [-0.2, -0.15) is 0 Å². The number of methoxy groups -OCH3 is 1. The smallest absolute Gasteiger partial charge is 0.293 e. The van der Waals surface area contributed by atoms with Crippen LogP contribution in [0.25, 0.3) is 6.08 Å². The molecule has 22 heavy (non-hydrogen) atoms. The first-order valence-electron chi connectivity index (χ1n) is 6.13. The van der Waals surface area contributed by atoms with Gasteiger partial charge in [-0.25, -0.2) is 0 Å². The number of terminal acetylenes is 1. The monoisotopic (exact) mass is 381 g/mol. The maximum atomic E-state index is 12.0. The third-order valence-electron chi connectivity index (χ3n) is 2.84. The Hall–Kier alpha value is -1.91. The van der Waals surface area contributed by atoms with Crippen molar-refractivity contribution in [3.05, 3.63) is 27.1 Å². The zero-order chi connectivity index (χ0) is 16.3. The summed E-state index contributed by atoms with van der Waals surface area (Å²) in [4.78, 5) is 24.9. The quantitative estimate of drug-likeness (QED) is 0.592. The minimum atomic E-state index is -0.350. The number of rotatable bonds is 4. The van der Waals surface area contributed by atoms with Gasteiger partial charge in [-0.1, -0.05) is 21.9 Å². The van der Waals surface area contributed by atoms with E-state index in [1.165, 1.54) is 14.2 Å². The van der Waals surface area contributed by atoms with E-state index in [9.17, 15) is 9.59 Å². The lowest BCUT2D eigenvalue weighted by atomic mass is 10.1. The van der Waals surface area contributed by atoms with Gasteiger partial charge < -0.3 is 9.47 Å². The predicted octanol–water partition coefficient (Wildman–Crippen LogP) is 3.14. The van der Waals surface area contributed by atoms with E-state index < -0.39 is 0 Å². The molecule has 0 bridgehead atoms. The number of carbonyl (C=O) groups excluding carboxylic acids is 2. The minimum Gasteiger partial charge on any atom is -0.493 e. The lowest BCUT2D eigenvalue weighted by Gasteiger charge is -2.13. The average Bonchev–Trinajstić information content (AvgIpc) is 2.73. The van der Waals surface area contributed by atoms with Crippen LogP contribution in [0.5, 0.6) is 11.5 Å². The van der Waals surface area contributed by atoms with E-state index in [2.05, 4.69) is 21.9 Å². The molecule has 0 aromatic heterocycles. The van der Waals surface area contributed by atoms with Crippen molar-refractivity contribution in [2.24, 2.45) is 0 Å². The third kappa shape index (κ3) is 3.29. The van der Waals surface area contributed by atoms with Crippen molar-refractivity contribution >= 4 is 44.9 Å². The highest BCUT2D eigenvalue weighted by Crippen LogP contribution is 2.39. The topological polar surface area (TPSA) is 55.8 Å². The number of ether oxygens (including phenoxy) is 2. The molecule has 1 heterocycles. The summed E-state index contributed by atoms with van der Waals surface area (Å²) in [5.74, 6) is 2.93. The summed E-state index contributed by atoms with van der Waals surface area (Å²) in [7, 11) is 2.95. The Labute approximate surface area is 140 Å². The van der Waals surface area contributed by atoms with Crippen LogP contribution in [-0.4, -0.2) is 36.8 Å². The van der Waals surface area contributed by atoms with Crippen molar-refractivity contribution in [1.29, 1.82) is 0 Å². The predicted molar refractivity (Wildman–Crippen MR) is 88.8 cm³/mol. The average molecular weight is 382 g/mol. The lowest BCUT2D eigenvalue weighted by Crippen LogP contribution is -2.22. The molecular weight excluding hydrogens is 370 g/mol. The van der Waals surface area contributed by atoms with Crippen LogP contribution in [0.2, 0.25) is 0 Å². The molecule has 0 spiro atoms. The number of hydrogen-bond acceptors (Lipinski definition) is 5. The van der Waals surface area contributed by atoms with Crippen molar-refractivity contribution in [2.75, 3.05) is 20.8 Å². The summed E-state index contributed by atoms with van der Waals surface area (Å²) in [5, 5.41) is -0.315. The van der Waals surface area contributed by atoms with E-state index in [4.69, 9.17) is 15.9 Å². The molecule has 1 aliphatic heterocycles. The van der Waals surface area contributed by atoms with E-state index in [0.29, 0.717) is 22.0 Å². The van der Waals surface area contributed by atoms with Gasteiger partial charge in [0.2, 0.25) is 0 Å². The number of amides is 2. The van der Waals surface area contributed by atoms with Crippen LogP contribution in [0, 0.1) is 12.3 Å². The van der Waals surface area contributed by atoms with Gasteiger partial charge in [0.1, 0.15) is 6.61 Å². The van der Waals surface area contributed by atoms with E-state index in [1.54, 1.807) is 18.2 Å². The fourth-order valence-corrected chi connectivity index (χ4v) is 3.08. The van der Waals surface area contributed by atoms with Gasteiger partial charge in [-0.15, -0.1) is 6.42 Å². The molecule has 1 aliphatic rings. The molecule has 7 heteroatoms. The zero-order valence-electron chi connectivity index (χ0n) is 11.9. The van der Waals surface area contributed by atoms with Crippen LogP contribution < -0.4 is 9.47 Å². The van der Waals surface area contributed by atoms with Crippen molar-refractivity contribution < 1.29 is 19.1 Å². The molecule has 0 atom stereocenters. The molecular formula is C15H12BrNO4S. The van der Waals surface area contributed by atoms with Gasteiger partial charge in [-0.3, -0.25) is 14.5 Å². The first-order chi connectivity index (χ1) is 10.5. The van der Waals surface area contributed by atoms with Gasteiger partial charge in [0, 0.05) is 17.1 Å². The summed E-state index contributed by atoms with van der Waals surface area (Å²) < 4.78 is 11.5. The molecule has 1 fully saturated rings. The highest BCUT2D eigenvalue weighted by Gasteiger charge is 2.32. The standard InChI is InChI=1S/C15H12BrNO4S/c1-4-5-21-13-9(6-10(16)8-11(13)20-3)7-12-14(18)17(2)15(19)22-12/h1,6-8H,5H2,2-3H3/b12-7+. The number of hydrogen-bond donors (Lipinski definition) is 0. The Morgan fingerprint density at radius 2 is 2.18 bits per heavy atom. The number of thioether (sulfide) groups is 1. The van der Waals surface area contributed by atoms with Crippen LogP contribution in [0.1, 0.15) is 5.56 Å². The fourth-order valence-electron chi connectivity index (χ4n) is 1.80. The van der Waals surface area contributed by atoms with Crippen LogP contribution in [-0.2, 0) is 4.79 Å². The molecule has 0 unspecified atom stereocenters. The van der Waals surface area contributed by atoms with Crippen molar-refractivity contribution in [3.63, 3.8) is 0 Å². The Morgan fingerprint density at radius 3 is 2.73 bits per heavy atom. The van der Waals surface area contributed by atoms with Gasteiger partial charge in [0.15, 0.2) is 11.5 Å². The van der Waals surface area contributed by atoms with Crippen molar-refractivity contribution in [1.82, 2.24) is 4.90 Å². The first-order valence-corrected chi connectivity index (χ1v) is 7.74. The third-order valence-corrected chi connectivity index (χ3v) is 4.26. The van der Waals surface area contributed by atoms with Crippen LogP contribution in [0.4, 0.5) is 4.79 Å². The molecule has 1 saturated heterocycles. The molecule has 0 aliphatic carbocycles. The van der Waals surface area contributed by atoms with Crippen molar-refractivity contribution in [2.45, 2.75) is 0 Å². The fraction of sp³-hybridized carbons (Fsp3) is 0.200. The summed E-state index contributed by atoms with van der Waals surface area (Å²) in [5.41, 5.74) is 0.598. The normalized spacial score (nSPS) is 16.1. The Kier molecular flexibility index (Phi) is 5.16. The number of likely N-dealkylation sites (N-methyl/N-ethyl adjacent to an activating group) is 1. The Balaban J connectivity index is 2.50. The molecule has 0 N–H and O–H groups in total. The van der Waals surface area contributed by atoms with E-state index in [-0.39, 0.29) is 17.8 Å². The highest BCUT2D eigenvalue weighted by atomic mass is 79.9. The lowest BCUT2D eigenvalue weighted by molar-refractivity contribution is -0.121. The second-order valence-electron chi connectivity index (χ2n) is 4.26. The molecule has 114 valence electrons. The van der Waals surface area contributed by atoms with E-state index in [0.717, 1.165) is 21.1 Å². The summed E-state index contributed by atoms with van der Waals surface area (Å²) in [6.07, 6.45) is 6.81. The summed E-state index contributed by atoms with van der Waals surface area (Å²) >= 11 is 4.25. The van der Waals surface area contributed by atoms with Gasteiger partial charge in [-0.05, 0) is 30.0 Å². The maximum Gasteiger partial charge on any atom is 0.293 e. The molecule has 2 amide bonds. The second kappa shape index (κ2) is 6.90. The molecule has 1 aromatic carbocycles. The number of nitrogens with zero attached hydrogens (tertiary/aromatic N) is 1. The van der Waals surface area contributed by atoms with Crippen LogP contribution in [0.15, 0.2) is 21.5 Å². The van der Waals surface area contributed by atoms with Gasteiger partial charge >= 0.3 is 0 Å². The number of carbonyl (C=O) groups is 2. The molecule has 0 radical (unpaired) electrons. The molecule has 1 aromatic rings. The summed E-state index contributed by atoms with van der Waals surface area (Å²) in [6, 6.07) is 3.49. The zero-order valence-corrected chi connectivity index (χ0v) is 14.3. The van der Waals surface area contributed by atoms with Crippen LogP contribution in [0.3, 0.4) is 0 Å². The number of imide groups is 1. The number of benzene rings is 1. The van der Waals surface area contributed by atoms with Gasteiger partial charge in [0.25, 0.3) is 11.1 Å². The largest absolute Gasteiger partial charge is 0.493 e. The summed E-state index contributed by atoms with van der Waals surface area (Å²) in [6.45, 7) is 0.0636. The SMILES string of the molecule is C#CCOc1c(/C=C2/SC(=O)N(C)C2=O)cc(Br)cc1OC. The maximum absolute atomic E-state index is 12.0. The van der Waals surface area contributed by atoms with E-state index >= 15 is 0 Å². The Morgan fingerprint density at radius 1 is 1.45 bits per heavy atom. The molecule has 0 saturated carbocycles.